The van der Waals surface area contributed by atoms with Gasteiger partial charge in [-0.1, -0.05) is 49.4 Å². The third-order valence-electron chi connectivity index (χ3n) is 4.68. The zero-order chi connectivity index (χ0) is 18.8. The van der Waals surface area contributed by atoms with Gasteiger partial charge in [-0.15, -0.1) is 5.10 Å². The van der Waals surface area contributed by atoms with Gasteiger partial charge < -0.3 is 16.2 Å². The molecule has 4 aromatic rings. The molecule has 2 heterocycles. The average Bonchev–Trinajstić information content (AvgIpc) is 3.07. The minimum Gasteiger partial charge on any atom is -0.373 e. The maximum absolute atomic E-state index is 10.5. The van der Waals surface area contributed by atoms with Crippen molar-refractivity contribution in [2.75, 3.05) is 11.1 Å². The third kappa shape index (κ3) is 3.61. The van der Waals surface area contributed by atoms with E-state index in [1.54, 1.807) is 4.52 Å². The molecule has 0 spiro atoms. The largest absolute Gasteiger partial charge is 0.373 e. The minimum atomic E-state index is -0.673. The summed E-state index contributed by atoms with van der Waals surface area (Å²) in [6.45, 7) is 2.00. The van der Waals surface area contributed by atoms with E-state index in [9.17, 15) is 5.11 Å². The van der Waals surface area contributed by atoms with Crippen LogP contribution >= 0.6 is 0 Å². The maximum atomic E-state index is 10.5. The van der Waals surface area contributed by atoms with Crippen LogP contribution in [0, 0.1) is 0 Å². The summed E-state index contributed by atoms with van der Waals surface area (Å²) < 4.78 is 1.67. The van der Waals surface area contributed by atoms with Crippen LogP contribution in [0.25, 0.3) is 16.8 Å². The molecule has 0 aliphatic rings. The Bertz CT molecular complexity index is 1040. The molecular weight excluding hydrogens is 338 g/mol. The molecule has 0 amide bonds. The molecular formula is C21H21N5O. The van der Waals surface area contributed by atoms with E-state index in [-0.39, 0.29) is 11.9 Å². The molecule has 6 nitrogen and oxygen atoms in total. The summed E-state index contributed by atoms with van der Waals surface area (Å²) in [5.74, 6) is 0.235. The predicted molar refractivity (Wildman–Crippen MR) is 107 cm³/mol. The first-order chi connectivity index (χ1) is 13.1. The van der Waals surface area contributed by atoms with E-state index in [1.165, 1.54) is 0 Å². The van der Waals surface area contributed by atoms with Crippen LogP contribution in [-0.4, -0.2) is 25.9 Å². The number of rotatable bonds is 5. The highest BCUT2D eigenvalue weighted by Crippen LogP contribution is 2.24. The Morgan fingerprint density at radius 1 is 0.963 bits per heavy atom. The second-order valence-corrected chi connectivity index (χ2v) is 6.56. The molecule has 2 atom stereocenters. The molecule has 27 heavy (non-hydrogen) atoms. The van der Waals surface area contributed by atoms with Gasteiger partial charge in [0.05, 0.1) is 0 Å². The van der Waals surface area contributed by atoms with Crippen LogP contribution in [0.5, 0.6) is 0 Å². The number of nitrogen functional groups attached to an aromatic ring is 1. The van der Waals surface area contributed by atoms with Crippen LogP contribution in [0.3, 0.4) is 0 Å². The highest BCUT2D eigenvalue weighted by Gasteiger charge is 2.15. The van der Waals surface area contributed by atoms with Gasteiger partial charge in [-0.3, -0.25) is 0 Å². The van der Waals surface area contributed by atoms with Gasteiger partial charge in [0.2, 0.25) is 5.95 Å². The summed E-state index contributed by atoms with van der Waals surface area (Å²) in [7, 11) is 0. The number of aliphatic hydroxyl groups is 1. The fourth-order valence-electron chi connectivity index (χ4n) is 3.06. The quantitative estimate of drug-likeness (QED) is 0.475. The Hall–Kier alpha value is -3.38. The Morgan fingerprint density at radius 2 is 1.67 bits per heavy atom. The molecule has 0 saturated heterocycles. The molecule has 4 N–H and O–H groups in total. The minimum absolute atomic E-state index is 0.0222. The average molecular weight is 359 g/mol. The smallest absolute Gasteiger partial charge is 0.240 e. The molecule has 0 bridgehead atoms. The summed E-state index contributed by atoms with van der Waals surface area (Å²) in [6, 6.07) is 21.8. The number of aromatic nitrogens is 3. The van der Waals surface area contributed by atoms with Crippen molar-refractivity contribution in [2.24, 2.45) is 0 Å². The zero-order valence-electron chi connectivity index (χ0n) is 14.9. The maximum Gasteiger partial charge on any atom is 0.240 e. The summed E-state index contributed by atoms with van der Waals surface area (Å²) >= 11 is 0. The van der Waals surface area contributed by atoms with E-state index >= 15 is 0 Å². The molecule has 0 fully saturated rings. The molecule has 0 saturated carbocycles. The lowest BCUT2D eigenvalue weighted by Gasteiger charge is -2.21. The highest BCUT2D eigenvalue weighted by atomic mass is 16.3. The van der Waals surface area contributed by atoms with Crippen LogP contribution in [0.1, 0.15) is 18.4 Å². The van der Waals surface area contributed by atoms with E-state index in [0.29, 0.717) is 5.65 Å². The SMILES string of the molecule is CC(c1ccccc1)C(O)Nc1ccc(-c2ccc3nc(N)nn3c2)cc1. The van der Waals surface area contributed by atoms with Crippen molar-refractivity contribution in [3.05, 3.63) is 78.5 Å². The van der Waals surface area contributed by atoms with Crippen LogP contribution in [0.4, 0.5) is 11.6 Å². The number of benzene rings is 2. The van der Waals surface area contributed by atoms with Gasteiger partial charge in [0.1, 0.15) is 6.23 Å². The number of aliphatic hydroxyl groups excluding tert-OH is 1. The van der Waals surface area contributed by atoms with Gasteiger partial charge in [-0.25, -0.2) is 4.52 Å². The molecule has 6 heteroatoms. The van der Waals surface area contributed by atoms with Gasteiger partial charge in [-0.05, 0) is 35.4 Å². The molecule has 2 aromatic heterocycles. The van der Waals surface area contributed by atoms with E-state index < -0.39 is 6.23 Å². The molecule has 2 unspecified atom stereocenters. The number of pyridine rings is 1. The predicted octanol–water partition coefficient (Wildman–Crippen LogP) is 3.51. The zero-order valence-corrected chi connectivity index (χ0v) is 14.9. The first kappa shape index (κ1) is 17.1. The second kappa shape index (κ2) is 7.09. The topological polar surface area (TPSA) is 88.5 Å². The normalized spacial score (nSPS) is 13.4. The van der Waals surface area contributed by atoms with E-state index in [4.69, 9.17) is 5.73 Å². The summed E-state index contributed by atoms with van der Waals surface area (Å²) in [5, 5.41) is 17.8. The lowest BCUT2D eigenvalue weighted by Crippen LogP contribution is -2.25. The summed E-state index contributed by atoms with van der Waals surface area (Å²) in [4.78, 5) is 4.13. The summed E-state index contributed by atoms with van der Waals surface area (Å²) in [5.41, 5.74) is 10.4. The highest BCUT2D eigenvalue weighted by molar-refractivity contribution is 5.67. The van der Waals surface area contributed by atoms with Crippen LogP contribution in [0.15, 0.2) is 72.9 Å². The van der Waals surface area contributed by atoms with Crippen molar-refractivity contribution in [1.82, 2.24) is 14.6 Å². The number of anilines is 2. The fourth-order valence-corrected chi connectivity index (χ4v) is 3.06. The second-order valence-electron chi connectivity index (χ2n) is 6.56. The first-order valence-corrected chi connectivity index (χ1v) is 8.82. The lowest BCUT2D eigenvalue weighted by atomic mass is 9.99. The van der Waals surface area contributed by atoms with Gasteiger partial charge in [0.25, 0.3) is 0 Å². The molecule has 0 aliphatic carbocycles. The molecule has 0 aliphatic heterocycles. The molecule has 0 radical (unpaired) electrons. The third-order valence-corrected chi connectivity index (χ3v) is 4.68. The fraction of sp³-hybridized carbons (Fsp3) is 0.143. The van der Waals surface area contributed by atoms with Crippen LogP contribution < -0.4 is 11.1 Å². The van der Waals surface area contributed by atoms with Crippen molar-refractivity contribution in [3.8, 4) is 11.1 Å². The number of hydrogen-bond donors (Lipinski definition) is 3. The monoisotopic (exact) mass is 359 g/mol. The lowest BCUT2D eigenvalue weighted by molar-refractivity contribution is 0.177. The van der Waals surface area contributed by atoms with Crippen LogP contribution in [0.2, 0.25) is 0 Å². The van der Waals surface area contributed by atoms with Gasteiger partial charge >= 0.3 is 0 Å². The molecule has 136 valence electrons. The Morgan fingerprint density at radius 3 is 2.41 bits per heavy atom. The number of fused-ring (bicyclic) bond motifs is 1. The van der Waals surface area contributed by atoms with E-state index in [1.807, 2.05) is 79.9 Å². The Kier molecular flexibility index (Phi) is 4.48. The number of hydrogen-bond acceptors (Lipinski definition) is 5. The Balaban J connectivity index is 1.49. The summed E-state index contributed by atoms with van der Waals surface area (Å²) in [6.07, 6.45) is 1.22. The number of nitrogens with one attached hydrogen (secondary N) is 1. The van der Waals surface area contributed by atoms with Crippen LogP contribution in [-0.2, 0) is 0 Å². The van der Waals surface area contributed by atoms with E-state index in [2.05, 4.69) is 15.4 Å². The molecule has 2 aromatic carbocycles. The van der Waals surface area contributed by atoms with Crippen molar-refractivity contribution < 1.29 is 5.11 Å². The van der Waals surface area contributed by atoms with E-state index in [0.717, 1.165) is 22.4 Å². The van der Waals surface area contributed by atoms with Crippen molar-refractivity contribution >= 4 is 17.3 Å². The Labute approximate surface area is 157 Å². The van der Waals surface area contributed by atoms with Crippen molar-refractivity contribution in [2.45, 2.75) is 19.1 Å². The number of nitrogens with zero attached hydrogens (tertiary/aromatic N) is 3. The standard InChI is InChI=1S/C21H21N5O/c1-14(15-5-3-2-4-6-15)20(27)23-18-10-7-16(8-11-18)17-9-12-19-24-21(22)25-26(19)13-17/h2-14,20,23,27H,1H3,(H2,22,25). The first-order valence-electron chi connectivity index (χ1n) is 8.82. The molecule has 4 rings (SSSR count). The van der Waals surface area contributed by atoms with Gasteiger partial charge in [0.15, 0.2) is 5.65 Å². The van der Waals surface area contributed by atoms with Gasteiger partial charge in [-0.2, -0.15) is 4.98 Å². The number of nitrogens with two attached hydrogens (primary N) is 1. The van der Waals surface area contributed by atoms with Crippen molar-refractivity contribution in [1.29, 1.82) is 0 Å². The van der Waals surface area contributed by atoms with Gasteiger partial charge in [0, 0.05) is 23.4 Å². The van der Waals surface area contributed by atoms with Crippen molar-refractivity contribution in [3.63, 3.8) is 0 Å².